The molecule has 0 spiro atoms. The van der Waals surface area contributed by atoms with Crippen molar-refractivity contribution in [2.75, 3.05) is 18.9 Å². The number of aromatic nitrogens is 1. The van der Waals surface area contributed by atoms with Crippen LogP contribution in [0.1, 0.15) is 13.8 Å². The number of ether oxygens (including phenoxy) is 2. The summed E-state index contributed by atoms with van der Waals surface area (Å²) in [6.07, 6.45) is 0. The SMILES string of the molecule is CCOc1cc(OCC)c2ccccc2c1-c1cc(N)on1. The average Bonchev–Trinajstić information content (AvgIpc) is 2.94. The lowest BCUT2D eigenvalue weighted by Crippen LogP contribution is -1.99. The first-order valence-electron chi connectivity index (χ1n) is 7.28. The molecule has 0 unspecified atom stereocenters. The quantitative estimate of drug-likeness (QED) is 0.774. The van der Waals surface area contributed by atoms with E-state index in [9.17, 15) is 0 Å². The molecule has 0 saturated carbocycles. The topological polar surface area (TPSA) is 70.5 Å². The normalized spacial score (nSPS) is 10.8. The van der Waals surface area contributed by atoms with Crippen LogP contribution < -0.4 is 15.2 Å². The van der Waals surface area contributed by atoms with Gasteiger partial charge in [0, 0.05) is 17.5 Å². The monoisotopic (exact) mass is 298 g/mol. The maximum absolute atomic E-state index is 5.79. The van der Waals surface area contributed by atoms with Gasteiger partial charge in [-0.15, -0.1) is 0 Å². The Balaban J connectivity index is 2.32. The number of nitrogen functional groups attached to an aromatic ring is 1. The molecule has 5 nitrogen and oxygen atoms in total. The molecule has 22 heavy (non-hydrogen) atoms. The second-order valence-corrected chi connectivity index (χ2v) is 4.77. The van der Waals surface area contributed by atoms with Crippen molar-refractivity contribution >= 4 is 16.7 Å². The van der Waals surface area contributed by atoms with Gasteiger partial charge in [-0.25, -0.2) is 0 Å². The molecule has 1 aromatic heterocycles. The van der Waals surface area contributed by atoms with Gasteiger partial charge in [-0.2, -0.15) is 0 Å². The third-order valence-electron chi connectivity index (χ3n) is 3.35. The van der Waals surface area contributed by atoms with Crippen LogP contribution >= 0.6 is 0 Å². The molecular weight excluding hydrogens is 280 g/mol. The molecule has 0 radical (unpaired) electrons. The summed E-state index contributed by atoms with van der Waals surface area (Å²) >= 11 is 0. The number of anilines is 1. The van der Waals surface area contributed by atoms with E-state index in [0.717, 1.165) is 22.1 Å². The Hall–Kier alpha value is -2.69. The van der Waals surface area contributed by atoms with Gasteiger partial charge in [0.25, 0.3) is 0 Å². The Kier molecular flexibility index (Phi) is 3.87. The minimum atomic E-state index is 0.274. The second kappa shape index (κ2) is 5.97. The van der Waals surface area contributed by atoms with Crippen LogP contribution in [0.3, 0.4) is 0 Å². The minimum absolute atomic E-state index is 0.274. The predicted octanol–water partition coefficient (Wildman–Crippen LogP) is 3.87. The molecule has 2 N–H and O–H groups in total. The van der Waals surface area contributed by atoms with Crippen LogP contribution in [-0.4, -0.2) is 18.4 Å². The molecule has 1 heterocycles. The van der Waals surface area contributed by atoms with Crippen LogP contribution in [0.4, 0.5) is 5.88 Å². The average molecular weight is 298 g/mol. The van der Waals surface area contributed by atoms with Crippen molar-refractivity contribution in [2.24, 2.45) is 0 Å². The predicted molar refractivity (Wildman–Crippen MR) is 86.2 cm³/mol. The fraction of sp³-hybridized carbons (Fsp3) is 0.235. The van der Waals surface area contributed by atoms with Crippen molar-refractivity contribution < 1.29 is 14.0 Å². The minimum Gasteiger partial charge on any atom is -0.493 e. The highest BCUT2D eigenvalue weighted by Gasteiger charge is 2.18. The molecule has 0 aliphatic heterocycles. The van der Waals surface area contributed by atoms with E-state index in [1.165, 1.54) is 0 Å². The van der Waals surface area contributed by atoms with Gasteiger partial charge in [-0.1, -0.05) is 29.4 Å². The smallest absolute Gasteiger partial charge is 0.222 e. The zero-order valence-electron chi connectivity index (χ0n) is 12.6. The summed E-state index contributed by atoms with van der Waals surface area (Å²) in [5.41, 5.74) is 7.18. The fourth-order valence-electron chi connectivity index (χ4n) is 2.53. The van der Waals surface area contributed by atoms with Crippen LogP contribution in [0.5, 0.6) is 11.5 Å². The number of rotatable bonds is 5. The van der Waals surface area contributed by atoms with Crippen LogP contribution in [-0.2, 0) is 0 Å². The molecule has 0 aliphatic carbocycles. The van der Waals surface area contributed by atoms with Crippen molar-refractivity contribution in [1.82, 2.24) is 5.16 Å². The van der Waals surface area contributed by atoms with Crippen molar-refractivity contribution in [2.45, 2.75) is 13.8 Å². The molecule has 2 aromatic carbocycles. The highest BCUT2D eigenvalue weighted by molar-refractivity contribution is 6.02. The van der Waals surface area contributed by atoms with E-state index >= 15 is 0 Å². The molecule has 3 aromatic rings. The van der Waals surface area contributed by atoms with Crippen LogP contribution in [0.15, 0.2) is 40.9 Å². The van der Waals surface area contributed by atoms with Crippen molar-refractivity contribution in [1.29, 1.82) is 0 Å². The first-order valence-corrected chi connectivity index (χ1v) is 7.28. The lowest BCUT2D eigenvalue weighted by molar-refractivity contribution is 0.326. The summed E-state index contributed by atoms with van der Waals surface area (Å²) in [4.78, 5) is 0. The largest absolute Gasteiger partial charge is 0.493 e. The van der Waals surface area contributed by atoms with Gasteiger partial charge in [0.2, 0.25) is 5.88 Å². The third-order valence-corrected chi connectivity index (χ3v) is 3.35. The zero-order valence-corrected chi connectivity index (χ0v) is 12.6. The number of benzene rings is 2. The van der Waals surface area contributed by atoms with Crippen molar-refractivity contribution in [3.8, 4) is 22.8 Å². The fourth-order valence-corrected chi connectivity index (χ4v) is 2.53. The van der Waals surface area contributed by atoms with E-state index in [4.69, 9.17) is 19.7 Å². The van der Waals surface area contributed by atoms with Crippen LogP contribution in [0, 0.1) is 0 Å². The van der Waals surface area contributed by atoms with E-state index in [1.54, 1.807) is 6.07 Å². The van der Waals surface area contributed by atoms with E-state index in [-0.39, 0.29) is 5.88 Å². The maximum atomic E-state index is 5.79. The second-order valence-electron chi connectivity index (χ2n) is 4.77. The highest BCUT2D eigenvalue weighted by atomic mass is 16.5. The maximum Gasteiger partial charge on any atom is 0.222 e. The molecular formula is C17H18N2O3. The third kappa shape index (κ3) is 2.45. The van der Waals surface area contributed by atoms with Crippen LogP contribution in [0.2, 0.25) is 0 Å². The van der Waals surface area contributed by atoms with E-state index in [1.807, 2.05) is 44.2 Å². The van der Waals surface area contributed by atoms with Gasteiger partial charge in [0.05, 0.1) is 18.8 Å². The number of fused-ring (bicyclic) bond motifs is 1. The van der Waals surface area contributed by atoms with Crippen molar-refractivity contribution in [3.05, 3.63) is 36.4 Å². The summed E-state index contributed by atoms with van der Waals surface area (Å²) in [7, 11) is 0. The number of nitrogens with two attached hydrogens (primary N) is 1. The summed E-state index contributed by atoms with van der Waals surface area (Å²) < 4.78 is 16.6. The molecule has 0 atom stereocenters. The summed E-state index contributed by atoms with van der Waals surface area (Å²) in [6, 6.07) is 11.6. The van der Waals surface area contributed by atoms with E-state index in [2.05, 4.69) is 5.16 Å². The van der Waals surface area contributed by atoms with E-state index in [0.29, 0.717) is 24.7 Å². The molecule has 0 amide bonds. The Labute approximate surface area is 128 Å². The molecule has 0 bridgehead atoms. The van der Waals surface area contributed by atoms with Gasteiger partial charge in [-0.3, -0.25) is 0 Å². The Morgan fingerprint density at radius 2 is 1.68 bits per heavy atom. The van der Waals surface area contributed by atoms with Gasteiger partial charge in [0.15, 0.2) is 0 Å². The lowest BCUT2D eigenvalue weighted by atomic mass is 10.00. The lowest BCUT2D eigenvalue weighted by Gasteiger charge is -2.15. The number of nitrogens with zero attached hydrogens (tertiary/aromatic N) is 1. The van der Waals surface area contributed by atoms with Gasteiger partial charge in [-0.05, 0) is 19.2 Å². The van der Waals surface area contributed by atoms with Crippen LogP contribution in [0.25, 0.3) is 22.0 Å². The van der Waals surface area contributed by atoms with Gasteiger partial charge in [0.1, 0.15) is 17.2 Å². The molecule has 0 aliphatic rings. The molecule has 114 valence electrons. The molecule has 5 heteroatoms. The zero-order chi connectivity index (χ0) is 15.5. The summed E-state index contributed by atoms with van der Waals surface area (Å²) in [5, 5.41) is 6.03. The number of hydrogen-bond donors (Lipinski definition) is 1. The van der Waals surface area contributed by atoms with Gasteiger partial charge >= 0.3 is 0 Å². The molecule has 3 rings (SSSR count). The van der Waals surface area contributed by atoms with Crippen molar-refractivity contribution in [3.63, 3.8) is 0 Å². The first-order chi connectivity index (χ1) is 10.7. The summed E-state index contributed by atoms with van der Waals surface area (Å²) in [6.45, 7) is 5.04. The standard InChI is InChI=1S/C17H18N2O3/c1-3-20-14-10-15(21-4-2)17(13-9-16(18)22-19-13)12-8-6-5-7-11(12)14/h5-10H,3-4,18H2,1-2H3. The Morgan fingerprint density at radius 3 is 2.32 bits per heavy atom. The van der Waals surface area contributed by atoms with Gasteiger partial charge < -0.3 is 19.7 Å². The first kappa shape index (κ1) is 14.3. The Bertz CT molecular complexity index is 796. The molecule has 0 fully saturated rings. The Morgan fingerprint density at radius 1 is 1.00 bits per heavy atom. The van der Waals surface area contributed by atoms with E-state index < -0.39 is 0 Å². The highest BCUT2D eigenvalue weighted by Crippen LogP contribution is 2.42. The number of hydrogen-bond acceptors (Lipinski definition) is 5. The summed E-state index contributed by atoms with van der Waals surface area (Å²) in [5.74, 6) is 1.77. The molecule has 0 saturated heterocycles.